The summed E-state index contributed by atoms with van der Waals surface area (Å²) in [7, 11) is 0. The minimum absolute atomic E-state index is 0. The number of anilines is 1. The number of fused-ring (bicyclic) bond motifs is 2. The van der Waals surface area contributed by atoms with Crippen molar-refractivity contribution in [1.82, 2.24) is 20.5 Å². The molecule has 2 aliphatic heterocycles. The SMILES string of the molecule is Cl.O=C(CC1CC2CCC(C1)N2)Nc1n[nH]c(C(F)(F)F)n1. The molecule has 2 aliphatic rings. The molecule has 0 aromatic carbocycles. The number of alkyl halides is 3. The van der Waals surface area contributed by atoms with Crippen molar-refractivity contribution < 1.29 is 18.0 Å². The first-order valence-electron chi connectivity index (χ1n) is 6.95. The first kappa shape index (κ1) is 17.0. The zero-order valence-corrected chi connectivity index (χ0v) is 12.4. The van der Waals surface area contributed by atoms with Crippen molar-refractivity contribution in [1.29, 1.82) is 0 Å². The van der Waals surface area contributed by atoms with Crippen molar-refractivity contribution in [3.63, 3.8) is 0 Å². The summed E-state index contributed by atoms with van der Waals surface area (Å²) in [6.07, 6.45) is -0.149. The van der Waals surface area contributed by atoms with Crippen LogP contribution in [0.15, 0.2) is 0 Å². The van der Waals surface area contributed by atoms with Gasteiger partial charge >= 0.3 is 6.18 Å². The molecule has 3 N–H and O–H groups in total. The van der Waals surface area contributed by atoms with E-state index in [2.05, 4.69) is 20.7 Å². The molecule has 10 heteroatoms. The predicted molar refractivity (Wildman–Crippen MR) is 74.5 cm³/mol. The number of amides is 1. The molecule has 0 saturated carbocycles. The van der Waals surface area contributed by atoms with Crippen LogP contribution >= 0.6 is 12.4 Å². The van der Waals surface area contributed by atoms with Gasteiger partial charge in [0.25, 0.3) is 0 Å². The molecule has 2 bridgehead atoms. The number of nitrogens with one attached hydrogen (secondary N) is 3. The highest BCUT2D eigenvalue weighted by atomic mass is 35.5. The fraction of sp³-hybridized carbons (Fsp3) is 0.750. The largest absolute Gasteiger partial charge is 0.451 e. The summed E-state index contributed by atoms with van der Waals surface area (Å²) >= 11 is 0. The molecule has 1 aromatic heterocycles. The fourth-order valence-electron chi connectivity index (χ4n) is 3.22. The number of hydrogen-bond acceptors (Lipinski definition) is 4. The van der Waals surface area contributed by atoms with Crippen LogP contribution in [0.3, 0.4) is 0 Å². The van der Waals surface area contributed by atoms with Crippen LogP contribution in [0.2, 0.25) is 0 Å². The van der Waals surface area contributed by atoms with E-state index in [0.29, 0.717) is 18.5 Å². The van der Waals surface area contributed by atoms with Gasteiger partial charge in [0.15, 0.2) is 0 Å². The van der Waals surface area contributed by atoms with E-state index in [1.54, 1.807) is 5.10 Å². The maximum absolute atomic E-state index is 12.4. The first-order valence-corrected chi connectivity index (χ1v) is 6.95. The van der Waals surface area contributed by atoms with Crippen molar-refractivity contribution in [2.24, 2.45) is 5.92 Å². The first-order chi connectivity index (χ1) is 9.90. The van der Waals surface area contributed by atoms with Gasteiger partial charge in [-0.1, -0.05) is 0 Å². The number of hydrogen-bond donors (Lipinski definition) is 3. The Balaban J connectivity index is 0.00000176. The average Bonchev–Trinajstić information content (AvgIpc) is 2.96. The number of halogens is 4. The number of H-pyrrole nitrogens is 1. The summed E-state index contributed by atoms with van der Waals surface area (Å²) in [5, 5.41) is 10.9. The molecule has 124 valence electrons. The quantitative estimate of drug-likeness (QED) is 0.787. The third-order valence-electron chi connectivity index (χ3n) is 4.05. The number of rotatable bonds is 3. The summed E-state index contributed by atoms with van der Waals surface area (Å²) in [5.41, 5.74) is 0. The maximum atomic E-state index is 12.4. The van der Waals surface area contributed by atoms with E-state index < -0.39 is 12.0 Å². The molecule has 0 spiro atoms. The number of carbonyl (C=O) groups excluding carboxylic acids is 1. The molecule has 0 radical (unpaired) electrons. The third-order valence-corrected chi connectivity index (χ3v) is 4.05. The molecular weight excluding hydrogens is 323 g/mol. The van der Waals surface area contributed by atoms with Crippen LogP contribution in [0.25, 0.3) is 0 Å². The van der Waals surface area contributed by atoms with Crippen molar-refractivity contribution in [3.8, 4) is 0 Å². The highest BCUT2D eigenvalue weighted by Crippen LogP contribution is 2.32. The van der Waals surface area contributed by atoms with Crippen LogP contribution in [0, 0.1) is 5.92 Å². The van der Waals surface area contributed by atoms with E-state index in [0.717, 1.165) is 25.7 Å². The van der Waals surface area contributed by atoms with Gasteiger partial charge in [-0.05, 0) is 31.6 Å². The van der Waals surface area contributed by atoms with Crippen LogP contribution in [-0.2, 0) is 11.0 Å². The number of aromatic amines is 1. The predicted octanol–water partition coefficient (Wildman–Crippen LogP) is 2.10. The number of nitrogens with zero attached hydrogens (tertiary/aromatic N) is 2. The molecule has 3 rings (SSSR count). The monoisotopic (exact) mass is 339 g/mol. The third kappa shape index (κ3) is 3.89. The van der Waals surface area contributed by atoms with Gasteiger partial charge in [0.2, 0.25) is 17.7 Å². The highest BCUT2D eigenvalue weighted by Gasteiger charge is 2.36. The highest BCUT2D eigenvalue weighted by molar-refractivity contribution is 5.89. The maximum Gasteiger partial charge on any atom is 0.451 e. The van der Waals surface area contributed by atoms with Gasteiger partial charge in [-0.3, -0.25) is 15.2 Å². The Kier molecular flexibility index (Phi) is 4.96. The average molecular weight is 340 g/mol. The summed E-state index contributed by atoms with van der Waals surface area (Å²) in [6.45, 7) is 0. The van der Waals surface area contributed by atoms with Gasteiger partial charge in [0, 0.05) is 18.5 Å². The Morgan fingerprint density at radius 1 is 1.27 bits per heavy atom. The Morgan fingerprint density at radius 3 is 2.45 bits per heavy atom. The molecule has 2 atom stereocenters. The van der Waals surface area contributed by atoms with Crippen LogP contribution < -0.4 is 10.6 Å². The van der Waals surface area contributed by atoms with Gasteiger partial charge < -0.3 is 5.32 Å². The molecule has 2 unspecified atom stereocenters. The van der Waals surface area contributed by atoms with Crippen molar-refractivity contribution in [2.45, 2.75) is 50.4 Å². The van der Waals surface area contributed by atoms with Gasteiger partial charge in [0.1, 0.15) is 0 Å². The molecule has 6 nitrogen and oxygen atoms in total. The Morgan fingerprint density at radius 2 is 1.91 bits per heavy atom. The number of piperidine rings is 1. The molecule has 3 heterocycles. The van der Waals surface area contributed by atoms with Gasteiger partial charge in [-0.2, -0.15) is 18.2 Å². The van der Waals surface area contributed by atoms with Crippen molar-refractivity contribution in [3.05, 3.63) is 5.82 Å². The van der Waals surface area contributed by atoms with E-state index >= 15 is 0 Å². The van der Waals surface area contributed by atoms with Crippen LogP contribution in [0.1, 0.15) is 37.9 Å². The van der Waals surface area contributed by atoms with E-state index in [4.69, 9.17) is 0 Å². The lowest BCUT2D eigenvalue weighted by Gasteiger charge is -2.28. The molecule has 2 saturated heterocycles. The van der Waals surface area contributed by atoms with Crippen molar-refractivity contribution >= 4 is 24.3 Å². The van der Waals surface area contributed by atoms with Crippen LogP contribution in [0.5, 0.6) is 0 Å². The molecular formula is C12H17ClF3N5O. The second kappa shape index (κ2) is 6.41. The van der Waals surface area contributed by atoms with E-state index in [1.165, 1.54) is 0 Å². The standard InChI is InChI=1S/C12H16F3N5O.ClH/c13-12(14,15)10-18-11(20-19-10)17-9(21)5-6-3-7-1-2-8(4-6)16-7;/h6-8,16H,1-5H2,(H2,17,18,19,20,21);1H. The molecule has 1 aromatic rings. The van der Waals surface area contributed by atoms with E-state index in [1.807, 2.05) is 0 Å². The summed E-state index contributed by atoms with van der Waals surface area (Å²) < 4.78 is 37.1. The van der Waals surface area contributed by atoms with Crippen LogP contribution in [-0.4, -0.2) is 33.2 Å². The van der Waals surface area contributed by atoms with Gasteiger partial charge in [-0.15, -0.1) is 17.5 Å². The Bertz CT molecular complexity index is 523. The summed E-state index contributed by atoms with van der Waals surface area (Å²) in [6, 6.07) is 0.948. The van der Waals surface area contributed by atoms with Crippen molar-refractivity contribution in [2.75, 3.05) is 5.32 Å². The van der Waals surface area contributed by atoms with Gasteiger partial charge in [-0.25, -0.2) is 0 Å². The summed E-state index contributed by atoms with van der Waals surface area (Å²) in [5.74, 6) is -1.61. The normalized spacial score (nSPS) is 27.3. The zero-order chi connectivity index (χ0) is 15.0. The number of aromatic nitrogens is 3. The molecule has 22 heavy (non-hydrogen) atoms. The zero-order valence-electron chi connectivity index (χ0n) is 11.6. The smallest absolute Gasteiger partial charge is 0.311 e. The number of carbonyl (C=O) groups is 1. The minimum Gasteiger partial charge on any atom is -0.311 e. The molecule has 0 aliphatic carbocycles. The van der Waals surface area contributed by atoms with Crippen LogP contribution in [0.4, 0.5) is 19.1 Å². The van der Waals surface area contributed by atoms with Gasteiger partial charge in [0.05, 0.1) is 0 Å². The molecule has 2 fully saturated rings. The Hall–Kier alpha value is -1.35. The van der Waals surface area contributed by atoms with E-state index in [9.17, 15) is 18.0 Å². The lowest BCUT2D eigenvalue weighted by Crippen LogP contribution is -2.39. The van der Waals surface area contributed by atoms with E-state index in [-0.39, 0.29) is 30.2 Å². The second-order valence-electron chi connectivity index (χ2n) is 5.73. The fourth-order valence-corrected chi connectivity index (χ4v) is 3.22. The topological polar surface area (TPSA) is 82.7 Å². The second-order valence-corrected chi connectivity index (χ2v) is 5.73. The molecule has 1 amide bonds. The summed E-state index contributed by atoms with van der Waals surface area (Å²) in [4.78, 5) is 15.1. The lowest BCUT2D eigenvalue weighted by molar-refractivity contribution is -0.144. The Labute approximate surface area is 131 Å². The minimum atomic E-state index is -4.59. The lowest BCUT2D eigenvalue weighted by atomic mass is 9.89.